The van der Waals surface area contributed by atoms with E-state index in [0.29, 0.717) is 6.61 Å². The van der Waals surface area contributed by atoms with E-state index in [-0.39, 0.29) is 5.82 Å². The molecule has 2 heterocycles. The first-order chi connectivity index (χ1) is 9.75. The number of carbonyl (C=O) groups is 1. The largest absolute Gasteiger partial charge is 0.363 e. The summed E-state index contributed by atoms with van der Waals surface area (Å²) in [6, 6.07) is 10.3. The van der Waals surface area contributed by atoms with Gasteiger partial charge in [-0.15, -0.1) is 0 Å². The second-order valence-electron chi connectivity index (χ2n) is 4.52. The average Bonchev–Trinajstić information content (AvgIpc) is 2.49. The highest BCUT2D eigenvalue weighted by Gasteiger charge is 2.27. The third-order valence-electron chi connectivity index (χ3n) is 3.23. The number of benzene rings is 1. The molecular weight excluding hydrogens is 259 g/mol. The zero-order chi connectivity index (χ0) is 13.9. The number of nitrogens with zero attached hydrogens (tertiary/aromatic N) is 1. The number of aromatic nitrogens is 1. The summed E-state index contributed by atoms with van der Waals surface area (Å²) < 4.78 is 19.0. The number of hydrogen-bond acceptors (Lipinski definition) is 3. The summed E-state index contributed by atoms with van der Waals surface area (Å²) >= 11 is 0. The molecule has 1 N–H and O–H groups in total. The Morgan fingerprint density at radius 1 is 1.30 bits per heavy atom. The summed E-state index contributed by atoms with van der Waals surface area (Å²) in [7, 11) is 0. The highest BCUT2D eigenvalue weighted by atomic mass is 19.1. The van der Waals surface area contributed by atoms with Crippen LogP contribution in [0.4, 0.5) is 10.2 Å². The summed E-state index contributed by atoms with van der Waals surface area (Å²) in [6.45, 7) is 0.472. The van der Waals surface area contributed by atoms with Crippen LogP contribution in [0.5, 0.6) is 0 Å². The number of carbonyl (C=O) groups excluding carboxylic acids is 1. The standard InChI is InChI=1S/C15H13FN2O2/c16-12-6-3-8-17-14(12)18-15(19)13-11-5-2-1-4-10(11)7-9-20-13/h1-6,8,13H,7,9H2,(H,17,18,19)/t13-/m0/s1. The van der Waals surface area contributed by atoms with Crippen LogP contribution in [0, 0.1) is 5.82 Å². The van der Waals surface area contributed by atoms with Gasteiger partial charge in [0, 0.05) is 6.20 Å². The van der Waals surface area contributed by atoms with Gasteiger partial charge < -0.3 is 10.1 Å². The van der Waals surface area contributed by atoms with Gasteiger partial charge in [0.15, 0.2) is 17.7 Å². The molecule has 0 spiro atoms. The van der Waals surface area contributed by atoms with Gasteiger partial charge >= 0.3 is 0 Å². The smallest absolute Gasteiger partial charge is 0.259 e. The Morgan fingerprint density at radius 3 is 3.00 bits per heavy atom. The fourth-order valence-corrected chi connectivity index (χ4v) is 2.27. The van der Waals surface area contributed by atoms with Crippen LogP contribution < -0.4 is 5.32 Å². The van der Waals surface area contributed by atoms with Crippen molar-refractivity contribution in [3.63, 3.8) is 0 Å². The molecule has 0 saturated heterocycles. The third kappa shape index (κ3) is 2.40. The predicted octanol–water partition coefficient (Wildman–Crippen LogP) is 2.47. The highest BCUT2D eigenvalue weighted by molar-refractivity contribution is 5.94. The molecule has 1 amide bonds. The van der Waals surface area contributed by atoms with Crippen LogP contribution in [0.15, 0.2) is 42.6 Å². The van der Waals surface area contributed by atoms with Crippen LogP contribution in [0.2, 0.25) is 0 Å². The minimum atomic E-state index is -0.721. The fraction of sp³-hybridized carbons (Fsp3) is 0.200. The van der Waals surface area contributed by atoms with Crippen molar-refractivity contribution in [2.24, 2.45) is 0 Å². The van der Waals surface area contributed by atoms with Crippen molar-refractivity contribution >= 4 is 11.7 Å². The van der Waals surface area contributed by atoms with Gasteiger partial charge in [-0.1, -0.05) is 24.3 Å². The van der Waals surface area contributed by atoms with Crippen molar-refractivity contribution in [2.45, 2.75) is 12.5 Å². The van der Waals surface area contributed by atoms with E-state index >= 15 is 0 Å². The Labute approximate surface area is 115 Å². The molecule has 0 unspecified atom stereocenters. The number of ether oxygens (including phenoxy) is 1. The molecule has 102 valence electrons. The summed E-state index contributed by atoms with van der Waals surface area (Å²) in [5.41, 5.74) is 1.91. The number of rotatable bonds is 2. The molecule has 1 aliphatic heterocycles. The lowest BCUT2D eigenvalue weighted by atomic mass is 9.97. The van der Waals surface area contributed by atoms with Gasteiger partial charge in [-0.05, 0) is 29.7 Å². The van der Waals surface area contributed by atoms with E-state index in [9.17, 15) is 9.18 Å². The lowest BCUT2D eigenvalue weighted by Gasteiger charge is -2.25. The molecule has 2 aromatic rings. The van der Waals surface area contributed by atoms with E-state index in [4.69, 9.17) is 4.74 Å². The van der Waals surface area contributed by atoms with Crippen molar-refractivity contribution in [3.05, 3.63) is 59.5 Å². The van der Waals surface area contributed by atoms with Crippen LogP contribution in [0.1, 0.15) is 17.2 Å². The van der Waals surface area contributed by atoms with Crippen molar-refractivity contribution in [1.29, 1.82) is 0 Å². The van der Waals surface area contributed by atoms with E-state index in [2.05, 4.69) is 10.3 Å². The summed E-state index contributed by atoms with van der Waals surface area (Å²) in [4.78, 5) is 16.0. The van der Waals surface area contributed by atoms with Crippen LogP contribution in [-0.2, 0) is 16.0 Å². The van der Waals surface area contributed by atoms with Crippen LogP contribution in [0.3, 0.4) is 0 Å². The first-order valence-corrected chi connectivity index (χ1v) is 6.36. The first kappa shape index (κ1) is 12.7. The topological polar surface area (TPSA) is 51.2 Å². The minimum Gasteiger partial charge on any atom is -0.363 e. The number of amides is 1. The second kappa shape index (κ2) is 5.38. The fourth-order valence-electron chi connectivity index (χ4n) is 2.27. The predicted molar refractivity (Wildman–Crippen MR) is 71.7 cm³/mol. The van der Waals surface area contributed by atoms with E-state index < -0.39 is 17.8 Å². The molecule has 0 bridgehead atoms. The summed E-state index contributed by atoms with van der Waals surface area (Å²) in [6.07, 6.45) is 1.48. The molecule has 0 fully saturated rings. The first-order valence-electron chi connectivity index (χ1n) is 6.36. The van der Waals surface area contributed by atoms with Crippen LogP contribution in [-0.4, -0.2) is 17.5 Å². The molecule has 1 aromatic carbocycles. The van der Waals surface area contributed by atoms with E-state index in [1.54, 1.807) is 0 Å². The van der Waals surface area contributed by atoms with Gasteiger partial charge in [0.25, 0.3) is 5.91 Å². The number of hydrogen-bond donors (Lipinski definition) is 1. The molecule has 0 aliphatic carbocycles. The quantitative estimate of drug-likeness (QED) is 0.913. The Kier molecular flexibility index (Phi) is 3.43. The van der Waals surface area contributed by atoms with Gasteiger partial charge in [0.2, 0.25) is 0 Å². The molecule has 5 heteroatoms. The van der Waals surface area contributed by atoms with Gasteiger partial charge in [-0.3, -0.25) is 4.79 Å². The van der Waals surface area contributed by atoms with Crippen molar-refractivity contribution < 1.29 is 13.9 Å². The number of pyridine rings is 1. The number of anilines is 1. The highest BCUT2D eigenvalue weighted by Crippen LogP contribution is 2.28. The minimum absolute atomic E-state index is 0.0795. The molecule has 0 saturated carbocycles. The molecule has 0 radical (unpaired) electrons. The molecule has 4 nitrogen and oxygen atoms in total. The van der Waals surface area contributed by atoms with E-state index in [0.717, 1.165) is 17.5 Å². The zero-order valence-corrected chi connectivity index (χ0v) is 10.7. The summed E-state index contributed by atoms with van der Waals surface area (Å²) in [5, 5.41) is 2.47. The van der Waals surface area contributed by atoms with Crippen molar-refractivity contribution in [1.82, 2.24) is 4.98 Å². The maximum absolute atomic E-state index is 13.5. The van der Waals surface area contributed by atoms with Crippen molar-refractivity contribution in [2.75, 3.05) is 11.9 Å². The van der Waals surface area contributed by atoms with Gasteiger partial charge in [0.1, 0.15) is 0 Å². The van der Waals surface area contributed by atoms with E-state index in [1.165, 1.54) is 18.3 Å². The van der Waals surface area contributed by atoms with Gasteiger partial charge in [-0.2, -0.15) is 0 Å². The normalized spacial score (nSPS) is 17.4. The molecular formula is C15H13FN2O2. The Balaban J connectivity index is 1.84. The third-order valence-corrected chi connectivity index (χ3v) is 3.23. The van der Waals surface area contributed by atoms with Crippen LogP contribution in [0.25, 0.3) is 0 Å². The Morgan fingerprint density at radius 2 is 2.15 bits per heavy atom. The summed E-state index contributed by atoms with van der Waals surface area (Å²) in [5.74, 6) is -1.05. The van der Waals surface area contributed by atoms with E-state index in [1.807, 2.05) is 24.3 Å². The molecule has 1 aromatic heterocycles. The molecule has 1 aliphatic rings. The Hall–Kier alpha value is -2.27. The lowest BCUT2D eigenvalue weighted by Crippen LogP contribution is -2.28. The Bertz CT molecular complexity index is 645. The molecule has 1 atom stereocenters. The van der Waals surface area contributed by atoms with Gasteiger partial charge in [-0.25, -0.2) is 9.37 Å². The number of nitrogens with one attached hydrogen (secondary N) is 1. The maximum atomic E-state index is 13.5. The molecule has 20 heavy (non-hydrogen) atoms. The zero-order valence-electron chi connectivity index (χ0n) is 10.7. The SMILES string of the molecule is O=C(Nc1ncccc1F)[C@H]1OCCc2ccccc21. The second-order valence-corrected chi connectivity index (χ2v) is 4.52. The lowest BCUT2D eigenvalue weighted by molar-refractivity contribution is -0.128. The van der Waals surface area contributed by atoms with Gasteiger partial charge in [0.05, 0.1) is 6.61 Å². The van der Waals surface area contributed by atoms with Crippen molar-refractivity contribution in [3.8, 4) is 0 Å². The molecule has 3 rings (SSSR count). The van der Waals surface area contributed by atoms with Crippen LogP contribution >= 0.6 is 0 Å². The maximum Gasteiger partial charge on any atom is 0.259 e. The number of fused-ring (bicyclic) bond motifs is 1. The number of halogens is 1. The average molecular weight is 272 g/mol. The monoisotopic (exact) mass is 272 g/mol.